The molecule has 0 saturated heterocycles. The van der Waals surface area contributed by atoms with Gasteiger partial charge in [0.25, 0.3) is 0 Å². The lowest BCUT2D eigenvalue weighted by Crippen LogP contribution is -2.28. The summed E-state index contributed by atoms with van der Waals surface area (Å²) in [6, 6.07) is 19.6. The Morgan fingerprint density at radius 2 is 1.56 bits per heavy atom. The van der Waals surface area contributed by atoms with Crippen molar-refractivity contribution in [1.82, 2.24) is 9.24 Å². The summed E-state index contributed by atoms with van der Waals surface area (Å²) in [6.07, 6.45) is 0. The number of hydrogen-bond acceptors (Lipinski definition) is 3. The number of fused-ring (bicyclic) bond motifs is 4. The van der Waals surface area contributed by atoms with Gasteiger partial charge in [-0.1, -0.05) is 28.1 Å². The fourth-order valence-electron chi connectivity index (χ4n) is 3.33. The minimum absolute atomic E-state index is 0.217. The van der Waals surface area contributed by atoms with Crippen molar-refractivity contribution in [3.63, 3.8) is 0 Å². The topological polar surface area (TPSA) is 72.9 Å². The van der Waals surface area contributed by atoms with Crippen LogP contribution >= 0.6 is 15.9 Å². The van der Waals surface area contributed by atoms with Crippen molar-refractivity contribution in [1.29, 1.82) is 5.41 Å². The van der Waals surface area contributed by atoms with Gasteiger partial charge in [-0.05, 0) is 48.5 Å². The van der Waals surface area contributed by atoms with Gasteiger partial charge in [0.1, 0.15) is 11.2 Å². The highest BCUT2D eigenvalue weighted by molar-refractivity contribution is 9.10. The third kappa shape index (κ3) is 1.97. The van der Waals surface area contributed by atoms with E-state index in [1.807, 2.05) is 65.2 Å². The van der Waals surface area contributed by atoms with Gasteiger partial charge in [0.15, 0.2) is 0 Å². The highest BCUT2D eigenvalue weighted by Gasteiger charge is 2.13. The third-order valence-corrected chi connectivity index (χ3v) is 4.99. The fourth-order valence-corrected chi connectivity index (χ4v) is 3.69. The number of halogens is 1. The Morgan fingerprint density at radius 3 is 2.36 bits per heavy atom. The van der Waals surface area contributed by atoms with Crippen LogP contribution in [0.5, 0.6) is 0 Å². The van der Waals surface area contributed by atoms with Gasteiger partial charge < -0.3 is 10.3 Å². The Labute approximate surface area is 150 Å². The molecule has 25 heavy (non-hydrogen) atoms. The lowest BCUT2D eigenvalue weighted by molar-refractivity contribution is 0.668. The van der Waals surface area contributed by atoms with E-state index in [0.717, 1.165) is 43.1 Å². The van der Waals surface area contributed by atoms with Gasteiger partial charge in [-0.3, -0.25) is 9.98 Å². The molecule has 0 aliphatic heterocycles. The van der Waals surface area contributed by atoms with E-state index in [0.29, 0.717) is 0 Å². The van der Waals surface area contributed by atoms with Gasteiger partial charge in [0, 0.05) is 15.2 Å². The summed E-state index contributed by atoms with van der Waals surface area (Å²) < 4.78 is 10.1. The number of para-hydroxylation sites is 2. The monoisotopic (exact) mass is 392 g/mol. The average molecular weight is 393 g/mol. The molecular weight excluding hydrogens is 380 g/mol. The van der Waals surface area contributed by atoms with Crippen LogP contribution in [0, 0.1) is 5.41 Å². The summed E-state index contributed by atoms with van der Waals surface area (Å²) in [6.45, 7) is 0. The summed E-state index contributed by atoms with van der Waals surface area (Å²) in [7, 11) is 0. The molecule has 0 saturated carbocycles. The molecule has 122 valence electrons. The van der Waals surface area contributed by atoms with Crippen LogP contribution in [-0.2, 0) is 0 Å². The molecule has 0 radical (unpaired) electrons. The standard InChI is InChI=1S/C19H13BrN4O/c20-11-5-7-17-13(9-11)14-10-12(6-8-18(14)25-17)23-15-3-1-2-4-16(15)24(22)19(23)21/h1-10,21H,22H2. The van der Waals surface area contributed by atoms with Crippen molar-refractivity contribution < 1.29 is 4.42 Å². The van der Waals surface area contributed by atoms with Crippen molar-refractivity contribution in [2.75, 3.05) is 5.84 Å². The zero-order valence-electron chi connectivity index (χ0n) is 13.0. The average Bonchev–Trinajstić information content (AvgIpc) is 3.10. The highest BCUT2D eigenvalue weighted by Crippen LogP contribution is 2.32. The van der Waals surface area contributed by atoms with Gasteiger partial charge in [-0.25, -0.2) is 4.68 Å². The van der Waals surface area contributed by atoms with Gasteiger partial charge in [-0.2, -0.15) is 0 Å². The molecule has 5 nitrogen and oxygen atoms in total. The first-order chi connectivity index (χ1) is 12.1. The first-order valence-corrected chi connectivity index (χ1v) is 8.57. The van der Waals surface area contributed by atoms with Gasteiger partial charge in [0.05, 0.1) is 16.7 Å². The van der Waals surface area contributed by atoms with Crippen LogP contribution < -0.4 is 11.5 Å². The molecule has 5 rings (SSSR count). The van der Waals surface area contributed by atoms with Crippen molar-refractivity contribution in [3.8, 4) is 5.69 Å². The number of nitrogens with one attached hydrogen (secondary N) is 1. The molecule has 6 heteroatoms. The molecule has 2 aromatic heterocycles. The number of nitrogen functional groups attached to an aromatic ring is 1. The zero-order chi connectivity index (χ0) is 17.1. The van der Waals surface area contributed by atoms with E-state index in [1.54, 1.807) is 0 Å². The molecular formula is C19H13BrN4O. The maximum Gasteiger partial charge on any atom is 0.226 e. The van der Waals surface area contributed by atoms with E-state index in [4.69, 9.17) is 15.7 Å². The number of aromatic nitrogens is 2. The number of hydrogen-bond donors (Lipinski definition) is 2. The minimum atomic E-state index is 0.217. The molecule has 0 amide bonds. The van der Waals surface area contributed by atoms with Crippen molar-refractivity contribution in [2.24, 2.45) is 0 Å². The minimum Gasteiger partial charge on any atom is -0.456 e. The van der Waals surface area contributed by atoms with Crippen LogP contribution in [-0.4, -0.2) is 9.24 Å². The Hall–Kier alpha value is -2.99. The van der Waals surface area contributed by atoms with E-state index >= 15 is 0 Å². The number of benzene rings is 3. The second-order valence-electron chi connectivity index (χ2n) is 5.94. The predicted molar refractivity (Wildman–Crippen MR) is 102 cm³/mol. The quantitative estimate of drug-likeness (QED) is 0.417. The van der Waals surface area contributed by atoms with Crippen LogP contribution in [0.4, 0.5) is 0 Å². The Kier molecular flexibility index (Phi) is 2.87. The van der Waals surface area contributed by atoms with Crippen LogP contribution in [0.1, 0.15) is 0 Å². The number of rotatable bonds is 1. The summed E-state index contributed by atoms with van der Waals surface area (Å²) in [4.78, 5) is 0. The summed E-state index contributed by atoms with van der Waals surface area (Å²) >= 11 is 3.52. The van der Waals surface area contributed by atoms with Gasteiger partial charge in [-0.15, -0.1) is 0 Å². The molecule has 5 aromatic rings. The largest absolute Gasteiger partial charge is 0.456 e. The maximum atomic E-state index is 8.40. The van der Waals surface area contributed by atoms with Crippen molar-refractivity contribution in [3.05, 3.63) is 70.8 Å². The van der Waals surface area contributed by atoms with E-state index in [2.05, 4.69) is 15.9 Å². The molecule has 0 bridgehead atoms. The zero-order valence-corrected chi connectivity index (χ0v) is 14.6. The van der Waals surface area contributed by atoms with E-state index in [9.17, 15) is 0 Å². The predicted octanol–water partition coefficient (Wildman–Crippen LogP) is 4.29. The second-order valence-corrected chi connectivity index (χ2v) is 6.86. The van der Waals surface area contributed by atoms with Crippen molar-refractivity contribution in [2.45, 2.75) is 0 Å². The van der Waals surface area contributed by atoms with E-state index < -0.39 is 0 Å². The normalized spacial score (nSPS) is 11.7. The van der Waals surface area contributed by atoms with Crippen LogP contribution in [0.3, 0.4) is 0 Å². The number of furan rings is 1. The molecule has 0 spiro atoms. The van der Waals surface area contributed by atoms with Crippen LogP contribution in [0.2, 0.25) is 0 Å². The molecule has 0 aliphatic carbocycles. The van der Waals surface area contributed by atoms with Crippen LogP contribution in [0.15, 0.2) is 69.6 Å². The summed E-state index contributed by atoms with van der Waals surface area (Å²) in [5.74, 6) is 6.06. The third-order valence-electron chi connectivity index (χ3n) is 4.50. The SMILES string of the molecule is N=c1n(N)c2ccccc2n1-c1ccc2oc3ccc(Br)cc3c2c1. The van der Waals surface area contributed by atoms with E-state index in [1.165, 1.54) is 4.68 Å². The summed E-state index contributed by atoms with van der Waals surface area (Å²) in [5.41, 5.74) is 4.46. The highest BCUT2D eigenvalue weighted by atomic mass is 79.9. The number of nitrogens with zero attached hydrogens (tertiary/aromatic N) is 2. The Balaban J connectivity index is 1.88. The molecule has 0 atom stereocenters. The Bertz CT molecular complexity index is 1340. The lowest BCUT2D eigenvalue weighted by atomic mass is 10.1. The first-order valence-electron chi connectivity index (χ1n) is 7.78. The smallest absolute Gasteiger partial charge is 0.226 e. The lowest BCUT2D eigenvalue weighted by Gasteiger charge is -2.04. The second kappa shape index (κ2) is 5.00. The molecule has 0 unspecified atom stereocenters. The Morgan fingerprint density at radius 1 is 0.880 bits per heavy atom. The van der Waals surface area contributed by atoms with E-state index in [-0.39, 0.29) is 5.62 Å². The number of imidazole rings is 1. The molecule has 3 aromatic carbocycles. The summed E-state index contributed by atoms with van der Waals surface area (Å²) in [5, 5.41) is 10.4. The fraction of sp³-hybridized carbons (Fsp3) is 0. The van der Waals surface area contributed by atoms with Crippen LogP contribution in [0.25, 0.3) is 38.7 Å². The van der Waals surface area contributed by atoms with Crippen molar-refractivity contribution >= 4 is 48.9 Å². The molecule has 3 N–H and O–H groups in total. The molecule has 2 heterocycles. The van der Waals surface area contributed by atoms with Gasteiger partial charge >= 0.3 is 0 Å². The first kappa shape index (κ1) is 14.4. The number of nitrogens with two attached hydrogens (primary N) is 1. The molecule has 0 aliphatic rings. The van der Waals surface area contributed by atoms with Gasteiger partial charge in [0.2, 0.25) is 5.62 Å². The molecule has 0 fully saturated rings. The maximum absolute atomic E-state index is 8.40.